The fourth-order valence-electron chi connectivity index (χ4n) is 2.89. The number of nitrogens with zero attached hydrogens (tertiary/aromatic N) is 2. The van der Waals surface area contributed by atoms with Crippen LogP contribution in [0.15, 0.2) is 79.1 Å². The number of nitrogens with one attached hydrogen (secondary N) is 1. The lowest BCUT2D eigenvalue weighted by atomic mass is 10.2. The van der Waals surface area contributed by atoms with Gasteiger partial charge in [-0.2, -0.15) is 0 Å². The molecule has 0 saturated carbocycles. The molecule has 1 N–H and O–H groups in total. The van der Waals surface area contributed by atoms with Gasteiger partial charge in [0.25, 0.3) is 0 Å². The van der Waals surface area contributed by atoms with E-state index in [9.17, 15) is 4.79 Å². The van der Waals surface area contributed by atoms with Crippen LogP contribution in [0.5, 0.6) is 5.75 Å². The number of carbonyl (C=O) groups excluding carboxylic acids is 1. The second kappa shape index (κ2) is 10.9. The van der Waals surface area contributed by atoms with Crippen molar-refractivity contribution in [3.05, 3.63) is 90.3 Å². The molecule has 1 aromatic heterocycles. The Hall–Kier alpha value is -3.34. The van der Waals surface area contributed by atoms with E-state index in [2.05, 4.69) is 10.3 Å². The third-order valence-corrected chi connectivity index (χ3v) is 4.68. The van der Waals surface area contributed by atoms with E-state index >= 15 is 0 Å². The first kappa shape index (κ1) is 20.4. The number of carbonyl (C=O) groups is 1. The van der Waals surface area contributed by atoms with Crippen LogP contribution < -0.4 is 10.1 Å². The second-order valence-corrected chi connectivity index (χ2v) is 6.90. The maximum absolute atomic E-state index is 12.3. The molecule has 5 heteroatoms. The van der Waals surface area contributed by atoms with Crippen molar-refractivity contribution in [1.29, 1.82) is 0 Å². The largest absolute Gasteiger partial charge is 0.489 e. The third-order valence-electron chi connectivity index (χ3n) is 4.68. The van der Waals surface area contributed by atoms with Crippen LogP contribution in [-0.4, -0.2) is 35.9 Å². The molecule has 3 rings (SSSR count). The summed E-state index contributed by atoms with van der Waals surface area (Å²) in [5, 5.41) is 3.29. The Morgan fingerprint density at radius 2 is 1.69 bits per heavy atom. The molecule has 0 aliphatic heterocycles. The molecule has 0 fully saturated rings. The van der Waals surface area contributed by atoms with E-state index < -0.39 is 0 Å². The van der Waals surface area contributed by atoms with Gasteiger partial charge in [-0.05, 0) is 53.9 Å². The first-order chi connectivity index (χ1) is 14.2. The van der Waals surface area contributed by atoms with Crippen molar-refractivity contribution in [1.82, 2.24) is 9.88 Å². The van der Waals surface area contributed by atoms with E-state index in [-0.39, 0.29) is 5.91 Å². The van der Waals surface area contributed by atoms with Gasteiger partial charge in [-0.15, -0.1) is 0 Å². The summed E-state index contributed by atoms with van der Waals surface area (Å²) in [6, 6.07) is 21.9. The van der Waals surface area contributed by atoms with Gasteiger partial charge in [0.15, 0.2) is 0 Å². The van der Waals surface area contributed by atoms with Crippen LogP contribution in [0.25, 0.3) is 0 Å². The average molecular weight is 389 g/mol. The molecule has 1 amide bonds. The van der Waals surface area contributed by atoms with E-state index in [1.54, 1.807) is 17.3 Å². The number of rotatable bonds is 10. The summed E-state index contributed by atoms with van der Waals surface area (Å²) in [5.74, 6) is 0.959. The Morgan fingerprint density at radius 1 is 0.966 bits per heavy atom. The number of benzene rings is 2. The van der Waals surface area contributed by atoms with Crippen molar-refractivity contribution < 1.29 is 9.53 Å². The Bertz CT molecular complexity index is 868. The molecule has 29 heavy (non-hydrogen) atoms. The molecular formula is C24H27N3O2. The first-order valence-corrected chi connectivity index (χ1v) is 9.84. The highest BCUT2D eigenvalue weighted by atomic mass is 16.5. The van der Waals surface area contributed by atoms with Gasteiger partial charge in [0.1, 0.15) is 12.4 Å². The molecule has 2 aromatic carbocycles. The minimum atomic E-state index is 0.134. The van der Waals surface area contributed by atoms with Gasteiger partial charge in [0.05, 0.1) is 0 Å². The molecule has 0 bridgehead atoms. The lowest BCUT2D eigenvalue weighted by Crippen LogP contribution is -2.30. The third kappa shape index (κ3) is 6.96. The van der Waals surface area contributed by atoms with Crippen LogP contribution in [0, 0.1) is 0 Å². The van der Waals surface area contributed by atoms with Crippen LogP contribution in [-0.2, 0) is 17.8 Å². The van der Waals surface area contributed by atoms with Crippen molar-refractivity contribution in [3.63, 3.8) is 0 Å². The summed E-state index contributed by atoms with van der Waals surface area (Å²) in [5.41, 5.74) is 3.30. The molecule has 1 heterocycles. The van der Waals surface area contributed by atoms with Crippen LogP contribution >= 0.6 is 0 Å². The number of amides is 1. The lowest BCUT2D eigenvalue weighted by molar-refractivity contribution is -0.129. The van der Waals surface area contributed by atoms with Crippen molar-refractivity contribution in [2.45, 2.75) is 19.4 Å². The predicted octanol–water partition coefficient (Wildman–Crippen LogP) is 4.16. The number of hydrogen-bond acceptors (Lipinski definition) is 4. The van der Waals surface area contributed by atoms with Gasteiger partial charge in [0, 0.05) is 44.6 Å². The van der Waals surface area contributed by atoms with E-state index in [4.69, 9.17) is 4.74 Å². The Labute approximate surface area is 172 Å². The summed E-state index contributed by atoms with van der Waals surface area (Å²) in [6.45, 7) is 1.85. The fourth-order valence-corrected chi connectivity index (χ4v) is 2.89. The van der Waals surface area contributed by atoms with Gasteiger partial charge in [-0.3, -0.25) is 9.78 Å². The first-order valence-electron chi connectivity index (χ1n) is 9.84. The number of pyridine rings is 1. The van der Waals surface area contributed by atoms with Crippen LogP contribution in [0.4, 0.5) is 5.69 Å². The van der Waals surface area contributed by atoms with Crippen LogP contribution in [0.2, 0.25) is 0 Å². The summed E-state index contributed by atoms with van der Waals surface area (Å²) >= 11 is 0. The average Bonchev–Trinajstić information content (AvgIpc) is 2.78. The number of aromatic nitrogens is 1. The second-order valence-electron chi connectivity index (χ2n) is 6.90. The fraction of sp³-hybridized carbons (Fsp3) is 0.250. The minimum absolute atomic E-state index is 0.134. The van der Waals surface area contributed by atoms with Crippen molar-refractivity contribution in [3.8, 4) is 5.75 Å². The number of ether oxygens (including phenoxy) is 1. The number of anilines is 1. The molecule has 0 unspecified atom stereocenters. The summed E-state index contributed by atoms with van der Waals surface area (Å²) < 4.78 is 5.79. The van der Waals surface area contributed by atoms with Crippen molar-refractivity contribution >= 4 is 11.6 Å². The van der Waals surface area contributed by atoms with E-state index in [1.807, 2.05) is 73.8 Å². The smallest absolute Gasteiger partial charge is 0.224 e. The number of hydrogen-bond donors (Lipinski definition) is 1. The highest BCUT2D eigenvalue weighted by Crippen LogP contribution is 2.17. The lowest BCUT2D eigenvalue weighted by Gasteiger charge is -2.17. The zero-order valence-electron chi connectivity index (χ0n) is 16.8. The zero-order valence-corrected chi connectivity index (χ0v) is 16.8. The zero-order chi connectivity index (χ0) is 20.3. The Kier molecular flexibility index (Phi) is 7.63. The molecule has 3 aromatic rings. The van der Waals surface area contributed by atoms with Gasteiger partial charge in [0.2, 0.25) is 5.91 Å². The summed E-state index contributed by atoms with van der Waals surface area (Å²) in [4.78, 5) is 18.1. The molecule has 0 saturated heterocycles. The topological polar surface area (TPSA) is 54.5 Å². The highest BCUT2D eigenvalue weighted by molar-refractivity contribution is 5.76. The van der Waals surface area contributed by atoms with Crippen molar-refractivity contribution in [2.75, 3.05) is 25.5 Å². The molecule has 0 aliphatic rings. The maximum atomic E-state index is 12.3. The van der Waals surface area contributed by atoms with E-state index in [1.165, 1.54) is 5.56 Å². The summed E-state index contributed by atoms with van der Waals surface area (Å²) in [7, 11) is 1.85. The van der Waals surface area contributed by atoms with Gasteiger partial charge < -0.3 is 15.0 Å². The molecule has 0 radical (unpaired) electrons. The van der Waals surface area contributed by atoms with Crippen LogP contribution in [0.3, 0.4) is 0 Å². The predicted molar refractivity (Wildman–Crippen MR) is 116 cm³/mol. The molecular weight excluding hydrogens is 362 g/mol. The SMILES string of the molecule is CN(CCc1ccncc1)C(=O)CCNc1ccc(OCc2ccccc2)cc1. The van der Waals surface area contributed by atoms with Gasteiger partial charge in [-0.1, -0.05) is 30.3 Å². The maximum Gasteiger partial charge on any atom is 0.224 e. The van der Waals surface area contributed by atoms with E-state index in [0.717, 1.165) is 23.4 Å². The standard InChI is InChI=1S/C24H27N3O2/c1-27(18-14-20-11-15-25-16-12-20)24(28)13-17-26-22-7-9-23(10-8-22)29-19-21-5-3-2-4-6-21/h2-12,15-16,26H,13-14,17-19H2,1H3. The van der Waals surface area contributed by atoms with Gasteiger partial charge >= 0.3 is 0 Å². The highest BCUT2D eigenvalue weighted by Gasteiger charge is 2.08. The van der Waals surface area contributed by atoms with Gasteiger partial charge in [-0.25, -0.2) is 0 Å². The normalized spacial score (nSPS) is 10.4. The molecule has 0 spiro atoms. The molecule has 0 aliphatic carbocycles. The van der Waals surface area contributed by atoms with Crippen LogP contribution in [0.1, 0.15) is 17.5 Å². The number of likely N-dealkylation sites (N-methyl/N-ethyl adjacent to an activating group) is 1. The minimum Gasteiger partial charge on any atom is -0.489 e. The Morgan fingerprint density at radius 3 is 2.41 bits per heavy atom. The van der Waals surface area contributed by atoms with E-state index in [0.29, 0.717) is 26.1 Å². The quantitative estimate of drug-likeness (QED) is 0.566. The molecule has 0 atom stereocenters. The molecule has 5 nitrogen and oxygen atoms in total. The Balaban J connectivity index is 1.35. The molecule has 150 valence electrons. The summed E-state index contributed by atoms with van der Waals surface area (Å²) in [6.07, 6.45) is 4.85. The van der Waals surface area contributed by atoms with Crippen molar-refractivity contribution in [2.24, 2.45) is 0 Å². The monoisotopic (exact) mass is 389 g/mol.